The van der Waals surface area contributed by atoms with Gasteiger partial charge in [-0.1, -0.05) is 42.5 Å². The van der Waals surface area contributed by atoms with Crippen molar-refractivity contribution < 1.29 is 14.6 Å². The molecule has 0 saturated carbocycles. The molecule has 2 rings (SSSR count). The minimum absolute atomic E-state index is 0.289. The SMILES string of the molecule is CC(C)(C)C(=O)O/C=C\CC(O)c1cccc2ccccc12. The van der Waals surface area contributed by atoms with E-state index >= 15 is 0 Å². The standard InChI is InChI=1S/C19H22O3/c1-19(2,3)18(21)22-13-7-12-17(20)16-11-6-9-14-8-4-5-10-15(14)16/h4-11,13,17,20H,12H2,1-3H3/b13-7-. The van der Waals surface area contributed by atoms with Gasteiger partial charge < -0.3 is 9.84 Å². The first-order chi connectivity index (χ1) is 10.4. The first-order valence-electron chi connectivity index (χ1n) is 7.41. The number of aliphatic hydroxyl groups is 1. The molecule has 0 spiro atoms. The zero-order valence-electron chi connectivity index (χ0n) is 13.2. The summed E-state index contributed by atoms with van der Waals surface area (Å²) >= 11 is 0. The first kappa shape index (κ1) is 16.2. The number of hydrogen-bond donors (Lipinski definition) is 1. The third-order valence-corrected chi connectivity index (χ3v) is 3.43. The van der Waals surface area contributed by atoms with Crippen LogP contribution in [-0.4, -0.2) is 11.1 Å². The van der Waals surface area contributed by atoms with Gasteiger partial charge in [-0.2, -0.15) is 0 Å². The van der Waals surface area contributed by atoms with Gasteiger partial charge in [-0.25, -0.2) is 0 Å². The Kier molecular flexibility index (Phi) is 4.99. The minimum atomic E-state index is -0.629. The summed E-state index contributed by atoms with van der Waals surface area (Å²) in [5, 5.41) is 12.5. The molecule has 0 saturated heterocycles. The van der Waals surface area contributed by atoms with E-state index in [0.717, 1.165) is 16.3 Å². The number of fused-ring (bicyclic) bond motifs is 1. The lowest BCUT2D eigenvalue weighted by molar-refractivity contribution is -0.146. The lowest BCUT2D eigenvalue weighted by atomic mass is 9.97. The molecule has 116 valence electrons. The maximum absolute atomic E-state index is 11.6. The number of aliphatic hydroxyl groups excluding tert-OH is 1. The first-order valence-corrected chi connectivity index (χ1v) is 7.41. The smallest absolute Gasteiger partial charge is 0.316 e. The summed E-state index contributed by atoms with van der Waals surface area (Å²) in [6.07, 6.45) is 2.80. The van der Waals surface area contributed by atoms with E-state index in [4.69, 9.17) is 4.74 Å². The molecule has 22 heavy (non-hydrogen) atoms. The van der Waals surface area contributed by atoms with E-state index in [1.54, 1.807) is 26.8 Å². The topological polar surface area (TPSA) is 46.5 Å². The van der Waals surface area contributed by atoms with Gasteiger partial charge >= 0.3 is 5.97 Å². The highest BCUT2D eigenvalue weighted by atomic mass is 16.5. The van der Waals surface area contributed by atoms with E-state index in [1.165, 1.54) is 6.26 Å². The van der Waals surface area contributed by atoms with Crippen LogP contribution in [-0.2, 0) is 9.53 Å². The fourth-order valence-electron chi connectivity index (χ4n) is 2.14. The average Bonchev–Trinajstić information content (AvgIpc) is 2.49. The van der Waals surface area contributed by atoms with Gasteiger partial charge in [-0.3, -0.25) is 4.79 Å². The molecule has 2 aromatic carbocycles. The van der Waals surface area contributed by atoms with E-state index in [-0.39, 0.29) is 5.97 Å². The molecule has 0 aromatic heterocycles. The van der Waals surface area contributed by atoms with E-state index < -0.39 is 11.5 Å². The zero-order chi connectivity index (χ0) is 16.2. The second-order valence-electron chi connectivity index (χ2n) is 6.35. The van der Waals surface area contributed by atoms with Crippen molar-refractivity contribution in [3.05, 3.63) is 60.4 Å². The van der Waals surface area contributed by atoms with E-state index in [9.17, 15) is 9.90 Å². The summed E-state index contributed by atoms with van der Waals surface area (Å²) in [6, 6.07) is 13.8. The molecule has 0 radical (unpaired) electrons. The van der Waals surface area contributed by atoms with Crippen LogP contribution in [0.5, 0.6) is 0 Å². The van der Waals surface area contributed by atoms with Crippen molar-refractivity contribution in [1.29, 1.82) is 0 Å². The Labute approximate surface area is 131 Å². The van der Waals surface area contributed by atoms with Crippen molar-refractivity contribution in [3.63, 3.8) is 0 Å². The van der Waals surface area contributed by atoms with Crippen LogP contribution in [0.2, 0.25) is 0 Å². The molecule has 3 nitrogen and oxygen atoms in total. The van der Waals surface area contributed by atoms with Gasteiger partial charge in [-0.05, 0) is 49.6 Å². The van der Waals surface area contributed by atoms with Crippen molar-refractivity contribution in [1.82, 2.24) is 0 Å². The lowest BCUT2D eigenvalue weighted by Gasteiger charge is -2.14. The molecule has 0 bridgehead atoms. The summed E-state index contributed by atoms with van der Waals surface area (Å²) in [4.78, 5) is 11.6. The summed E-state index contributed by atoms with van der Waals surface area (Å²) < 4.78 is 5.05. The van der Waals surface area contributed by atoms with Gasteiger partial charge in [-0.15, -0.1) is 0 Å². The van der Waals surface area contributed by atoms with Crippen LogP contribution in [0.3, 0.4) is 0 Å². The summed E-state index contributed by atoms with van der Waals surface area (Å²) in [5.74, 6) is -0.289. The van der Waals surface area contributed by atoms with Gasteiger partial charge in [0.15, 0.2) is 0 Å². The molecule has 1 unspecified atom stereocenters. The summed E-state index contributed by atoms with van der Waals surface area (Å²) in [7, 11) is 0. The van der Waals surface area contributed by atoms with Crippen LogP contribution in [0, 0.1) is 5.41 Å². The molecule has 2 aromatic rings. The Bertz CT molecular complexity index is 675. The number of carbonyl (C=O) groups excluding carboxylic acids is 1. The lowest BCUT2D eigenvalue weighted by Crippen LogP contribution is -2.20. The molecule has 1 atom stereocenters. The molecular weight excluding hydrogens is 276 g/mol. The van der Waals surface area contributed by atoms with Crippen LogP contribution in [0.1, 0.15) is 38.9 Å². The zero-order valence-corrected chi connectivity index (χ0v) is 13.2. The second kappa shape index (κ2) is 6.75. The van der Waals surface area contributed by atoms with Gasteiger partial charge in [0.25, 0.3) is 0 Å². The Morgan fingerprint density at radius 3 is 2.59 bits per heavy atom. The normalized spacial score (nSPS) is 13.5. The molecular formula is C19H22O3. The fraction of sp³-hybridized carbons (Fsp3) is 0.316. The Morgan fingerprint density at radius 2 is 1.86 bits per heavy atom. The van der Waals surface area contributed by atoms with Crippen molar-refractivity contribution >= 4 is 16.7 Å². The van der Waals surface area contributed by atoms with Crippen molar-refractivity contribution in [2.45, 2.75) is 33.3 Å². The second-order valence-corrected chi connectivity index (χ2v) is 6.35. The third-order valence-electron chi connectivity index (χ3n) is 3.43. The van der Waals surface area contributed by atoms with Gasteiger partial charge in [0, 0.05) is 0 Å². The molecule has 0 heterocycles. The van der Waals surface area contributed by atoms with Crippen LogP contribution < -0.4 is 0 Å². The van der Waals surface area contributed by atoms with Crippen molar-refractivity contribution in [2.75, 3.05) is 0 Å². The van der Waals surface area contributed by atoms with Crippen molar-refractivity contribution in [2.24, 2.45) is 5.41 Å². The van der Waals surface area contributed by atoms with Gasteiger partial charge in [0.05, 0.1) is 17.8 Å². The summed E-state index contributed by atoms with van der Waals surface area (Å²) in [6.45, 7) is 5.40. The fourth-order valence-corrected chi connectivity index (χ4v) is 2.14. The maximum atomic E-state index is 11.6. The predicted octanol–water partition coefficient (Wildman–Crippen LogP) is 4.37. The maximum Gasteiger partial charge on any atom is 0.316 e. The molecule has 0 aliphatic rings. The van der Waals surface area contributed by atoms with Crippen molar-refractivity contribution in [3.8, 4) is 0 Å². The molecule has 0 aliphatic carbocycles. The highest BCUT2D eigenvalue weighted by Crippen LogP contribution is 2.26. The quantitative estimate of drug-likeness (QED) is 0.673. The van der Waals surface area contributed by atoms with Crippen LogP contribution in [0.4, 0.5) is 0 Å². The van der Waals surface area contributed by atoms with E-state index in [2.05, 4.69) is 0 Å². The minimum Gasteiger partial charge on any atom is -0.434 e. The number of rotatable bonds is 4. The van der Waals surface area contributed by atoms with Crippen LogP contribution in [0.25, 0.3) is 10.8 Å². The number of hydrogen-bond acceptors (Lipinski definition) is 3. The van der Waals surface area contributed by atoms with Gasteiger partial charge in [0.1, 0.15) is 0 Å². The number of ether oxygens (including phenoxy) is 1. The number of benzene rings is 2. The molecule has 3 heteroatoms. The molecule has 0 fully saturated rings. The number of esters is 1. The highest BCUT2D eigenvalue weighted by Gasteiger charge is 2.22. The molecule has 0 amide bonds. The monoisotopic (exact) mass is 298 g/mol. The average molecular weight is 298 g/mol. The Morgan fingerprint density at radius 1 is 1.18 bits per heavy atom. The van der Waals surface area contributed by atoms with Crippen LogP contribution in [0.15, 0.2) is 54.8 Å². The van der Waals surface area contributed by atoms with Crippen LogP contribution >= 0.6 is 0 Å². The highest BCUT2D eigenvalue weighted by molar-refractivity contribution is 5.86. The van der Waals surface area contributed by atoms with E-state index in [1.807, 2.05) is 42.5 Å². The molecule has 1 N–H and O–H groups in total. The Balaban J connectivity index is 2.03. The van der Waals surface area contributed by atoms with E-state index in [0.29, 0.717) is 6.42 Å². The number of carbonyl (C=O) groups is 1. The third kappa shape index (κ3) is 3.95. The molecule has 0 aliphatic heterocycles. The predicted molar refractivity (Wildman–Crippen MR) is 88.2 cm³/mol. The Hall–Kier alpha value is -2.13. The largest absolute Gasteiger partial charge is 0.434 e. The summed E-state index contributed by atoms with van der Waals surface area (Å²) in [5.41, 5.74) is 0.350. The van der Waals surface area contributed by atoms with Gasteiger partial charge in [0.2, 0.25) is 0 Å².